The van der Waals surface area contributed by atoms with Crippen molar-refractivity contribution in [2.45, 2.75) is 38.6 Å². The third kappa shape index (κ3) is 6.97. The molecule has 2 aliphatic heterocycles. The van der Waals surface area contributed by atoms with Crippen LogP contribution in [-0.4, -0.2) is 17.3 Å². The lowest BCUT2D eigenvalue weighted by Gasteiger charge is -2.30. The summed E-state index contributed by atoms with van der Waals surface area (Å²) in [6.45, 7) is 4.53. The minimum absolute atomic E-state index is 0.0340. The Labute approximate surface area is 330 Å². The zero-order valence-electron chi connectivity index (χ0n) is 32.0. The van der Waals surface area contributed by atoms with Crippen molar-refractivity contribution in [3.8, 4) is 11.1 Å². The monoisotopic (exact) mass is 723 g/mol. The molecule has 0 amide bonds. The normalized spacial score (nSPS) is 19.5. The fourth-order valence-electron chi connectivity index (χ4n) is 8.60. The SMILES string of the molecule is CCC1C(c2ccccc2)=NC(c2ccc3ccc(-c4ccc(C5N=C(c6ccccc6)N=C(c6ccccc6)C5CC)cc4)cc3c2)=CC1c1ccccc1. The predicted molar refractivity (Wildman–Crippen MR) is 236 cm³/mol. The molecule has 3 nitrogen and oxygen atoms in total. The van der Waals surface area contributed by atoms with Gasteiger partial charge in [-0.25, -0.2) is 4.99 Å². The standard InChI is InChI=1S/C53H45N3/c1-3-46-48(38-17-9-5-10-18-38)35-49(54-50(46)39-19-11-6-12-20-39)44-32-28-37-27-31-43(33-45(37)34-44)36-25-29-41(30-26-36)52-47(4-2)51(40-21-13-7-14-22-40)55-53(56-52)42-23-15-8-16-24-42/h5-35,46-48,52H,3-4H2,1-2H3. The van der Waals surface area contributed by atoms with Crippen LogP contribution in [0.4, 0.5) is 0 Å². The topological polar surface area (TPSA) is 37.1 Å². The Morgan fingerprint density at radius 1 is 0.411 bits per heavy atom. The minimum Gasteiger partial charge on any atom is -0.257 e. The van der Waals surface area contributed by atoms with Gasteiger partial charge in [0.2, 0.25) is 0 Å². The zero-order chi connectivity index (χ0) is 37.8. The molecule has 0 fully saturated rings. The van der Waals surface area contributed by atoms with Gasteiger partial charge in [-0.3, -0.25) is 9.98 Å². The summed E-state index contributed by atoms with van der Waals surface area (Å²) in [6, 6.07) is 65.2. The molecule has 2 aliphatic rings. The summed E-state index contributed by atoms with van der Waals surface area (Å²) < 4.78 is 0. The highest BCUT2D eigenvalue weighted by Crippen LogP contribution is 2.41. The molecule has 272 valence electrons. The number of allylic oxidation sites excluding steroid dienone is 1. The van der Waals surface area contributed by atoms with Crippen molar-refractivity contribution in [2.24, 2.45) is 26.8 Å². The highest BCUT2D eigenvalue weighted by molar-refractivity contribution is 6.15. The van der Waals surface area contributed by atoms with E-state index in [0.29, 0.717) is 5.92 Å². The lowest BCUT2D eigenvalue weighted by molar-refractivity contribution is 0.532. The van der Waals surface area contributed by atoms with Gasteiger partial charge in [0, 0.05) is 28.9 Å². The van der Waals surface area contributed by atoms with Crippen molar-refractivity contribution in [1.29, 1.82) is 0 Å². The number of fused-ring (bicyclic) bond motifs is 1. The van der Waals surface area contributed by atoms with Crippen LogP contribution < -0.4 is 0 Å². The van der Waals surface area contributed by atoms with Gasteiger partial charge < -0.3 is 0 Å². The van der Waals surface area contributed by atoms with E-state index < -0.39 is 0 Å². The molecule has 0 N–H and O–H groups in total. The largest absolute Gasteiger partial charge is 0.257 e. The molecule has 0 spiro atoms. The summed E-state index contributed by atoms with van der Waals surface area (Å²) >= 11 is 0. The van der Waals surface area contributed by atoms with E-state index in [1.807, 2.05) is 6.07 Å². The molecule has 0 radical (unpaired) electrons. The summed E-state index contributed by atoms with van der Waals surface area (Å²) in [6.07, 6.45) is 4.35. The first-order valence-electron chi connectivity index (χ1n) is 20.0. The Balaban J connectivity index is 1.06. The van der Waals surface area contributed by atoms with Crippen molar-refractivity contribution in [3.05, 3.63) is 221 Å². The van der Waals surface area contributed by atoms with Crippen molar-refractivity contribution >= 4 is 33.7 Å². The van der Waals surface area contributed by atoms with Gasteiger partial charge in [-0.05, 0) is 75.2 Å². The average Bonchev–Trinajstić information content (AvgIpc) is 3.29. The molecule has 7 aromatic rings. The Hall–Kier alpha value is -6.45. The first-order valence-corrected chi connectivity index (χ1v) is 20.0. The van der Waals surface area contributed by atoms with Gasteiger partial charge in [0.25, 0.3) is 0 Å². The van der Waals surface area contributed by atoms with Crippen LogP contribution in [0.1, 0.15) is 72.0 Å². The third-order valence-corrected chi connectivity index (χ3v) is 11.5. The van der Waals surface area contributed by atoms with Crippen LogP contribution in [0.25, 0.3) is 27.6 Å². The second-order valence-electron chi connectivity index (χ2n) is 14.9. The first-order chi connectivity index (χ1) is 27.7. The number of hydrogen-bond donors (Lipinski definition) is 0. The quantitative estimate of drug-likeness (QED) is 0.142. The molecule has 4 atom stereocenters. The lowest BCUT2D eigenvalue weighted by Crippen LogP contribution is -2.28. The number of amidine groups is 1. The average molecular weight is 724 g/mol. The second kappa shape index (κ2) is 15.7. The van der Waals surface area contributed by atoms with Crippen molar-refractivity contribution < 1.29 is 0 Å². The van der Waals surface area contributed by atoms with E-state index in [9.17, 15) is 0 Å². The highest BCUT2D eigenvalue weighted by atomic mass is 15.0. The van der Waals surface area contributed by atoms with Crippen molar-refractivity contribution in [3.63, 3.8) is 0 Å². The fraction of sp³-hybridized carbons (Fsp3) is 0.151. The van der Waals surface area contributed by atoms with E-state index in [1.54, 1.807) is 0 Å². The molecule has 0 aliphatic carbocycles. The van der Waals surface area contributed by atoms with E-state index in [2.05, 4.69) is 196 Å². The van der Waals surface area contributed by atoms with Gasteiger partial charge in [0.15, 0.2) is 5.84 Å². The molecule has 4 unspecified atom stereocenters. The molecular weight excluding hydrogens is 679 g/mol. The Morgan fingerprint density at radius 3 is 1.54 bits per heavy atom. The summed E-state index contributed by atoms with van der Waals surface area (Å²) in [7, 11) is 0. The van der Waals surface area contributed by atoms with E-state index >= 15 is 0 Å². The lowest BCUT2D eigenvalue weighted by atomic mass is 9.76. The Kier molecular flexibility index (Phi) is 9.90. The van der Waals surface area contributed by atoms with Gasteiger partial charge in [0.1, 0.15) is 0 Å². The molecule has 7 aromatic carbocycles. The molecular formula is C53H45N3. The Morgan fingerprint density at radius 2 is 0.929 bits per heavy atom. The minimum atomic E-state index is -0.0340. The molecule has 56 heavy (non-hydrogen) atoms. The molecule has 0 saturated carbocycles. The van der Waals surface area contributed by atoms with Gasteiger partial charge in [-0.2, -0.15) is 0 Å². The van der Waals surface area contributed by atoms with Crippen LogP contribution in [0.2, 0.25) is 0 Å². The molecule has 0 bridgehead atoms. The third-order valence-electron chi connectivity index (χ3n) is 11.5. The van der Waals surface area contributed by atoms with Gasteiger partial charge in [-0.15, -0.1) is 0 Å². The summed E-state index contributed by atoms with van der Waals surface area (Å²) in [5.74, 6) is 1.50. The van der Waals surface area contributed by atoms with Crippen LogP contribution in [0.5, 0.6) is 0 Å². The molecule has 9 rings (SSSR count). The maximum absolute atomic E-state index is 5.41. The van der Waals surface area contributed by atoms with E-state index in [0.717, 1.165) is 46.8 Å². The van der Waals surface area contributed by atoms with Crippen molar-refractivity contribution in [2.75, 3.05) is 0 Å². The highest BCUT2D eigenvalue weighted by Gasteiger charge is 2.32. The summed E-state index contributed by atoms with van der Waals surface area (Å²) in [5.41, 5.74) is 12.7. The fourth-order valence-corrected chi connectivity index (χ4v) is 8.60. The maximum Gasteiger partial charge on any atom is 0.155 e. The predicted octanol–water partition coefficient (Wildman–Crippen LogP) is 13.2. The van der Waals surface area contributed by atoms with E-state index in [-0.39, 0.29) is 17.9 Å². The second-order valence-corrected chi connectivity index (χ2v) is 14.9. The summed E-state index contributed by atoms with van der Waals surface area (Å²) in [5, 5.41) is 2.42. The van der Waals surface area contributed by atoms with Crippen molar-refractivity contribution in [1.82, 2.24) is 0 Å². The number of benzene rings is 7. The molecule has 2 heterocycles. The molecule has 3 heteroatoms. The van der Waals surface area contributed by atoms with Gasteiger partial charge in [-0.1, -0.05) is 184 Å². The first kappa shape index (κ1) is 35.3. The Bertz CT molecular complexity index is 2590. The van der Waals surface area contributed by atoms with Crippen LogP contribution in [0.3, 0.4) is 0 Å². The summed E-state index contributed by atoms with van der Waals surface area (Å²) in [4.78, 5) is 15.9. The molecule has 0 saturated heterocycles. The maximum atomic E-state index is 5.41. The van der Waals surface area contributed by atoms with Gasteiger partial charge >= 0.3 is 0 Å². The van der Waals surface area contributed by atoms with Gasteiger partial charge in [0.05, 0.1) is 23.2 Å². The van der Waals surface area contributed by atoms with Crippen LogP contribution in [0.15, 0.2) is 203 Å². The van der Waals surface area contributed by atoms with Crippen LogP contribution >= 0.6 is 0 Å². The van der Waals surface area contributed by atoms with E-state index in [1.165, 1.54) is 44.3 Å². The molecule has 0 aromatic heterocycles. The number of hydrogen-bond acceptors (Lipinski definition) is 3. The number of nitrogens with zero attached hydrogens (tertiary/aromatic N) is 3. The van der Waals surface area contributed by atoms with Crippen LogP contribution in [-0.2, 0) is 0 Å². The van der Waals surface area contributed by atoms with E-state index in [4.69, 9.17) is 15.0 Å². The zero-order valence-corrected chi connectivity index (χ0v) is 32.0. The number of aliphatic imine (C=N–C) groups is 3. The van der Waals surface area contributed by atoms with Crippen LogP contribution in [0, 0.1) is 11.8 Å². The smallest absolute Gasteiger partial charge is 0.155 e. The number of rotatable bonds is 9.